The molecule has 3 heterocycles. The number of nitrogens with one attached hydrogen (secondary N) is 1. The fourth-order valence-electron chi connectivity index (χ4n) is 3.48. The largest absolute Gasteiger partial charge is 0.357 e. The van der Waals surface area contributed by atoms with Crippen molar-refractivity contribution in [3.8, 4) is 0 Å². The Hall–Kier alpha value is -3.22. The Morgan fingerprint density at radius 1 is 1.00 bits per heavy atom. The van der Waals surface area contributed by atoms with Crippen LogP contribution in [-0.2, 0) is 0 Å². The first-order chi connectivity index (χ1) is 13.0. The first kappa shape index (κ1) is 17.2. The third-order valence-electron chi connectivity index (χ3n) is 5.04. The maximum Gasteiger partial charge on any atom is 0.261 e. The van der Waals surface area contributed by atoms with E-state index in [-0.39, 0.29) is 17.4 Å². The summed E-state index contributed by atoms with van der Waals surface area (Å²) in [6.07, 6.45) is 5.25. The van der Waals surface area contributed by atoms with Crippen LogP contribution in [0.25, 0.3) is 0 Å². The Labute approximate surface area is 157 Å². The molecule has 7 nitrogen and oxygen atoms in total. The van der Waals surface area contributed by atoms with Gasteiger partial charge in [0.1, 0.15) is 5.82 Å². The number of fused-ring (bicyclic) bond motifs is 1. The third-order valence-corrected chi connectivity index (χ3v) is 5.04. The number of pyridine rings is 1. The number of carbonyl (C=O) groups excluding carboxylic acids is 3. The van der Waals surface area contributed by atoms with Gasteiger partial charge in [-0.15, -0.1) is 0 Å². The van der Waals surface area contributed by atoms with Crippen LogP contribution in [0.3, 0.4) is 0 Å². The van der Waals surface area contributed by atoms with Gasteiger partial charge in [0.2, 0.25) is 0 Å². The summed E-state index contributed by atoms with van der Waals surface area (Å²) in [6, 6.07) is 8.26. The molecule has 0 radical (unpaired) electrons. The van der Waals surface area contributed by atoms with E-state index < -0.39 is 5.91 Å². The van der Waals surface area contributed by atoms with Gasteiger partial charge < -0.3 is 10.2 Å². The van der Waals surface area contributed by atoms with Crippen LogP contribution in [0.1, 0.15) is 50.3 Å². The lowest BCUT2D eigenvalue weighted by Crippen LogP contribution is -2.30. The predicted octanol–water partition coefficient (Wildman–Crippen LogP) is 2.55. The number of nitrogens with zero attached hydrogens (tertiary/aromatic N) is 3. The van der Waals surface area contributed by atoms with Crippen LogP contribution in [-0.4, -0.2) is 47.7 Å². The second-order valence-corrected chi connectivity index (χ2v) is 6.84. The topological polar surface area (TPSA) is 82.6 Å². The number of amides is 3. The van der Waals surface area contributed by atoms with Gasteiger partial charge in [0.15, 0.2) is 0 Å². The summed E-state index contributed by atoms with van der Waals surface area (Å²) in [5.74, 6) is -0.172. The second-order valence-electron chi connectivity index (χ2n) is 6.84. The van der Waals surface area contributed by atoms with E-state index >= 15 is 0 Å². The molecule has 27 heavy (non-hydrogen) atoms. The minimum Gasteiger partial charge on any atom is -0.357 e. The van der Waals surface area contributed by atoms with E-state index in [0.29, 0.717) is 16.8 Å². The molecule has 0 bridgehead atoms. The van der Waals surface area contributed by atoms with Gasteiger partial charge in [0.25, 0.3) is 17.7 Å². The van der Waals surface area contributed by atoms with Crippen LogP contribution < -0.4 is 10.2 Å². The Morgan fingerprint density at radius 2 is 1.74 bits per heavy atom. The van der Waals surface area contributed by atoms with E-state index in [2.05, 4.69) is 15.2 Å². The SMILES string of the molecule is CN1C(=O)c2ccc(C(=O)Nc3ccc(N4CCCCC4)nc3)cc2C1=O. The summed E-state index contributed by atoms with van der Waals surface area (Å²) in [7, 11) is 1.43. The van der Waals surface area contributed by atoms with Crippen molar-refractivity contribution in [2.75, 3.05) is 30.4 Å². The Morgan fingerprint density at radius 3 is 2.44 bits per heavy atom. The molecule has 4 rings (SSSR count). The maximum absolute atomic E-state index is 12.5. The zero-order chi connectivity index (χ0) is 19.0. The highest BCUT2D eigenvalue weighted by atomic mass is 16.2. The molecular formula is C20H20N4O3. The zero-order valence-corrected chi connectivity index (χ0v) is 15.1. The zero-order valence-electron chi connectivity index (χ0n) is 15.1. The lowest BCUT2D eigenvalue weighted by Gasteiger charge is -2.27. The smallest absolute Gasteiger partial charge is 0.261 e. The summed E-state index contributed by atoms with van der Waals surface area (Å²) in [5, 5.41) is 2.79. The van der Waals surface area contributed by atoms with Gasteiger partial charge >= 0.3 is 0 Å². The fourth-order valence-corrected chi connectivity index (χ4v) is 3.48. The molecule has 1 aromatic heterocycles. The molecule has 1 aromatic carbocycles. The Kier molecular flexibility index (Phi) is 4.35. The van der Waals surface area contributed by atoms with Gasteiger partial charge in [-0.25, -0.2) is 4.98 Å². The lowest BCUT2D eigenvalue weighted by molar-refractivity contribution is 0.0693. The summed E-state index contributed by atoms with van der Waals surface area (Å²) in [4.78, 5) is 44.3. The van der Waals surface area contributed by atoms with Crippen molar-refractivity contribution in [1.29, 1.82) is 0 Å². The van der Waals surface area contributed by atoms with Crippen LogP contribution in [0.2, 0.25) is 0 Å². The van der Waals surface area contributed by atoms with Crippen molar-refractivity contribution >= 4 is 29.2 Å². The Balaban J connectivity index is 1.48. The summed E-state index contributed by atoms with van der Waals surface area (Å²) < 4.78 is 0. The monoisotopic (exact) mass is 364 g/mol. The summed E-state index contributed by atoms with van der Waals surface area (Å²) in [5.41, 5.74) is 1.49. The van der Waals surface area contributed by atoms with Gasteiger partial charge in [-0.1, -0.05) is 0 Å². The van der Waals surface area contributed by atoms with Crippen molar-refractivity contribution < 1.29 is 14.4 Å². The molecule has 0 spiro atoms. The molecule has 2 aliphatic heterocycles. The number of imide groups is 1. The van der Waals surface area contributed by atoms with Crippen molar-refractivity contribution in [3.63, 3.8) is 0 Å². The van der Waals surface area contributed by atoms with E-state index in [1.54, 1.807) is 12.3 Å². The van der Waals surface area contributed by atoms with Crippen molar-refractivity contribution in [1.82, 2.24) is 9.88 Å². The molecule has 3 amide bonds. The van der Waals surface area contributed by atoms with Crippen LogP contribution in [0.15, 0.2) is 36.5 Å². The van der Waals surface area contributed by atoms with Crippen LogP contribution in [0.4, 0.5) is 11.5 Å². The second kappa shape index (κ2) is 6.83. The highest BCUT2D eigenvalue weighted by Gasteiger charge is 2.33. The quantitative estimate of drug-likeness (QED) is 0.847. The van der Waals surface area contributed by atoms with Gasteiger partial charge in [-0.05, 0) is 49.6 Å². The molecule has 0 saturated carbocycles. The van der Waals surface area contributed by atoms with E-state index in [1.165, 1.54) is 38.4 Å². The average Bonchev–Trinajstić information content (AvgIpc) is 2.93. The van der Waals surface area contributed by atoms with Crippen molar-refractivity contribution in [2.45, 2.75) is 19.3 Å². The number of benzene rings is 1. The maximum atomic E-state index is 12.5. The van der Waals surface area contributed by atoms with Crippen LogP contribution in [0, 0.1) is 0 Å². The fraction of sp³-hybridized carbons (Fsp3) is 0.300. The van der Waals surface area contributed by atoms with Crippen LogP contribution >= 0.6 is 0 Å². The van der Waals surface area contributed by atoms with Crippen LogP contribution in [0.5, 0.6) is 0 Å². The van der Waals surface area contributed by atoms with E-state index in [4.69, 9.17) is 0 Å². The number of anilines is 2. The van der Waals surface area contributed by atoms with Gasteiger partial charge in [-0.2, -0.15) is 0 Å². The number of aromatic nitrogens is 1. The molecule has 0 atom stereocenters. The van der Waals surface area contributed by atoms with E-state index in [9.17, 15) is 14.4 Å². The van der Waals surface area contributed by atoms with E-state index in [0.717, 1.165) is 23.8 Å². The highest BCUT2D eigenvalue weighted by Crippen LogP contribution is 2.24. The minimum absolute atomic E-state index is 0.258. The van der Waals surface area contributed by atoms with Crippen molar-refractivity contribution in [2.24, 2.45) is 0 Å². The van der Waals surface area contributed by atoms with Gasteiger partial charge in [0.05, 0.1) is 23.0 Å². The molecule has 1 fully saturated rings. The number of carbonyl (C=O) groups is 3. The normalized spacial score (nSPS) is 16.5. The van der Waals surface area contributed by atoms with E-state index in [1.807, 2.05) is 12.1 Å². The molecule has 1 saturated heterocycles. The first-order valence-corrected chi connectivity index (χ1v) is 9.03. The summed E-state index contributed by atoms with van der Waals surface area (Å²) in [6.45, 7) is 2.02. The molecule has 1 N–H and O–H groups in total. The average molecular weight is 364 g/mol. The summed E-state index contributed by atoms with van der Waals surface area (Å²) >= 11 is 0. The number of hydrogen-bond donors (Lipinski definition) is 1. The third kappa shape index (κ3) is 3.16. The number of piperidine rings is 1. The number of rotatable bonds is 3. The van der Waals surface area contributed by atoms with Gasteiger partial charge in [0, 0.05) is 25.7 Å². The number of hydrogen-bond acceptors (Lipinski definition) is 5. The minimum atomic E-state index is -0.391. The lowest BCUT2D eigenvalue weighted by atomic mass is 10.1. The Bertz CT molecular complexity index is 917. The first-order valence-electron chi connectivity index (χ1n) is 9.03. The standard InChI is InChI=1S/C20H20N4O3/c1-23-19(26)15-7-5-13(11-16(15)20(23)27)18(25)22-14-6-8-17(21-12-14)24-9-3-2-4-10-24/h5-8,11-12H,2-4,9-10H2,1H3,(H,22,25). The predicted molar refractivity (Wildman–Crippen MR) is 101 cm³/mol. The molecule has 2 aliphatic rings. The molecule has 2 aromatic rings. The molecule has 0 aliphatic carbocycles. The molecular weight excluding hydrogens is 344 g/mol. The highest BCUT2D eigenvalue weighted by molar-refractivity contribution is 6.22. The van der Waals surface area contributed by atoms with Crippen molar-refractivity contribution in [3.05, 3.63) is 53.2 Å². The molecule has 7 heteroatoms. The molecule has 0 unspecified atom stereocenters. The van der Waals surface area contributed by atoms with Gasteiger partial charge in [-0.3, -0.25) is 19.3 Å². The molecule has 138 valence electrons.